The van der Waals surface area contributed by atoms with Crippen molar-refractivity contribution in [1.29, 1.82) is 0 Å². The van der Waals surface area contributed by atoms with E-state index < -0.39 is 5.97 Å². The van der Waals surface area contributed by atoms with Crippen molar-refractivity contribution in [1.82, 2.24) is 5.32 Å². The molecule has 2 N–H and O–H groups in total. The van der Waals surface area contributed by atoms with Gasteiger partial charge in [0.1, 0.15) is 0 Å². The lowest BCUT2D eigenvalue weighted by atomic mass is 9.98. The largest absolute Gasteiger partial charge is 0.478 e. The van der Waals surface area contributed by atoms with Crippen molar-refractivity contribution in [2.75, 3.05) is 13.1 Å². The SMILES string of the molecule is CCC(=CCNCC(C)C(C)C)C(=O)O. The second-order valence-corrected chi connectivity index (χ2v) is 4.27. The van der Waals surface area contributed by atoms with Gasteiger partial charge < -0.3 is 10.4 Å². The molecule has 0 spiro atoms. The highest BCUT2D eigenvalue weighted by molar-refractivity contribution is 5.86. The average Bonchev–Trinajstić information content (AvgIpc) is 2.16. The first-order valence-electron chi connectivity index (χ1n) is 5.62. The molecule has 0 amide bonds. The van der Waals surface area contributed by atoms with E-state index in [-0.39, 0.29) is 0 Å². The van der Waals surface area contributed by atoms with Crippen molar-refractivity contribution in [3.63, 3.8) is 0 Å². The predicted octanol–water partition coefficient (Wildman–Crippen LogP) is 2.29. The Hall–Kier alpha value is -0.830. The number of aliphatic carboxylic acids is 1. The fourth-order valence-electron chi connectivity index (χ4n) is 1.12. The number of carbonyl (C=O) groups is 1. The van der Waals surface area contributed by atoms with Crippen LogP contribution in [-0.2, 0) is 4.79 Å². The first-order valence-corrected chi connectivity index (χ1v) is 5.62. The number of hydrogen-bond acceptors (Lipinski definition) is 2. The van der Waals surface area contributed by atoms with E-state index in [9.17, 15) is 4.79 Å². The fourth-order valence-corrected chi connectivity index (χ4v) is 1.12. The highest BCUT2D eigenvalue weighted by atomic mass is 16.4. The van der Waals surface area contributed by atoms with Gasteiger partial charge in [0, 0.05) is 12.1 Å². The van der Waals surface area contributed by atoms with Crippen LogP contribution in [0.1, 0.15) is 34.1 Å². The van der Waals surface area contributed by atoms with Gasteiger partial charge >= 0.3 is 5.97 Å². The van der Waals surface area contributed by atoms with E-state index >= 15 is 0 Å². The molecular formula is C12H23NO2. The topological polar surface area (TPSA) is 49.3 Å². The van der Waals surface area contributed by atoms with Crippen LogP contribution in [0.3, 0.4) is 0 Å². The first kappa shape index (κ1) is 14.2. The standard InChI is InChI=1S/C12H23NO2/c1-5-11(12(14)15)6-7-13-8-10(4)9(2)3/h6,9-10,13H,5,7-8H2,1-4H3,(H,14,15). The molecule has 15 heavy (non-hydrogen) atoms. The van der Waals surface area contributed by atoms with Crippen LogP contribution in [-0.4, -0.2) is 24.2 Å². The van der Waals surface area contributed by atoms with Crippen LogP contribution in [0.4, 0.5) is 0 Å². The molecule has 0 aromatic rings. The second-order valence-electron chi connectivity index (χ2n) is 4.27. The number of carboxylic acids is 1. The lowest BCUT2D eigenvalue weighted by Crippen LogP contribution is -2.24. The van der Waals surface area contributed by atoms with Gasteiger partial charge in [-0.25, -0.2) is 4.79 Å². The number of hydrogen-bond donors (Lipinski definition) is 2. The van der Waals surface area contributed by atoms with Gasteiger partial charge in [-0.15, -0.1) is 0 Å². The number of carboxylic acid groups (broad SMARTS) is 1. The summed E-state index contributed by atoms with van der Waals surface area (Å²) in [5.74, 6) is 0.469. The van der Waals surface area contributed by atoms with Crippen molar-refractivity contribution in [3.8, 4) is 0 Å². The lowest BCUT2D eigenvalue weighted by Gasteiger charge is -2.15. The minimum absolute atomic E-state index is 0.486. The van der Waals surface area contributed by atoms with Crippen molar-refractivity contribution in [2.45, 2.75) is 34.1 Å². The smallest absolute Gasteiger partial charge is 0.331 e. The van der Waals surface area contributed by atoms with Gasteiger partial charge in [-0.3, -0.25) is 0 Å². The molecule has 0 aliphatic rings. The number of nitrogens with one attached hydrogen (secondary N) is 1. The van der Waals surface area contributed by atoms with Crippen LogP contribution < -0.4 is 5.32 Å². The zero-order valence-corrected chi connectivity index (χ0v) is 10.2. The van der Waals surface area contributed by atoms with E-state index in [2.05, 4.69) is 26.1 Å². The summed E-state index contributed by atoms with van der Waals surface area (Å²) in [5.41, 5.74) is 0.486. The number of rotatable bonds is 7. The molecule has 0 rings (SSSR count). The molecule has 0 heterocycles. The third-order valence-electron chi connectivity index (χ3n) is 2.75. The maximum atomic E-state index is 10.7. The molecule has 0 bridgehead atoms. The Balaban J connectivity index is 3.82. The van der Waals surface area contributed by atoms with E-state index in [0.29, 0.717) is 30.4 Å². The van der Waals surface area contributed by atoms with Gasteiger partial charge in [-0.2, -0.15) is 0 Å². The maximum absolute atomic E-state index is 10.7. The van der Waals surface area contributed by atoms with Crippen LogP contribution in [0.5, 0.6) is 0 Å². The molecular weight excluding hydrogens is 190 g/mol. The quantitative estimate of drug-likeness (QED) is 0.504. The Morgan fingerprint density at radius 2 is 2.00 bits per heavy atom. The molecule has 0 saturated heterocycles. The second kappa shape index (κ2) is 7.46. The Kier molecular flexibility index (Phi) is 7.05. The van der Waals surface area contributed by atoms with Crippen molar-refractivity contribution in [3.05, 3.63) is 11.6 Å². The van der Waals surface area contributed by atoms with Gasteiger partial charge in [-0.1, -0.05) is 33.8 Å². The summed E-state index contributed by atoms with van der Waals surface area (Å²) in [6.07, 6.45) is 2.34. The van der Waals surface area contributed by atoms with Gasteiger partial charge in [0.25, 0.3) is 0 Å². The molecule has 1 atom stereocenters. The molecule has 0 aliphatic heterocycles. The summed E-state index contributed by atoms with van der Waals surface area (Å²) >= 11 is 0. The molecule has 0 saturated carbocycles. The predicted molar refractivity (Wildman–Crippen MR) is 62.9 cm³/mol. The zero-order valence-electron chi connectivity index (χ0n) is 10.2. The van der Waals surface area contributed by atoms with E-state index in [1.165, 1.54) is 0 Å². The summed E-state index contributed by atoms with van der Waals surface area (Å²) < 4.78 is 0. The van der Waals surface area contributed by atoms with Gasteiger partial charge in [-0.05, 0) is 24.8 Å². The third-order valence-corrected chi connectivity index (χ3v) is 2.75. The normalized spacial score (nSPS) is 14.3. The molecule has 0 radical (unpaired) electrons. The minimum atomic E-state index is -0.809. The van der Waals surface area contributed by atoms with Crippen LogP contribution in [0.2, 0.25) is 0 Å². The lowest BCUT2D eigenvalue weighted by molar-refractivity contribution is -0.132. The van der Waals surface area contributed by atoms with Gasteiger partial charge in [0.15, 0.2) is 0 Å². The molecule has 0 aromatic heterocycles. The summed E-state index contributed by atoms with van der Waals surface area (Å²) in [5, 5.41) is 12.0. The summed E-state index contributed by atoms with van der Waals surface area (Å²) in [4.78, 5) is 10.7. The molecule has 0 aliphatic carbocycles. The van der Waals surface area contributed by atoms with Crippen molar-refractivity contribution < 1.29 is 9.90 Å². The molecule has 1 unspecified atom stereocenters. The molecule has 88 valence electrons. The molecule has 0 aromatic carbocycles. The van der Waals surface area contributed by atoms with Crippen molar-refractivity contribution in [2.24, 2.45) is 11.8 Å². The highest BCUT2D eigenvalue weighted by Crippen LogP contribution is 2.07. The van der Waals surface area contributed by atoms with E-state index in [1.54, 1.807) is 6.08 Å². The van der Waals surface area contributed by atoms with Gasteiger partial charge in [0.2, 0.25) is 0 Å². The van der Waals surface area contributed by atoms with Crippen LogP contribution in [0, 0.1) is 11.8 Å². The van der Waals surface area contributed by atoms with Crippen LogP contribution in [0.15, 0.2) is 11.6 Å². The average molecular weight is 213 g/mol. The minimum Gasteiger partial charge on any atom is -0.478 e. The maximum Gasteiger partial charge on any atom is 0.331 e. The Morgan fingerprint density at radius 1 is 1.40 bits per heavy atom. The Morgan fingerprint density at radius 3 is 2.40 bits per heavy atom. The summed E-state index contributed by atoms with van der Waals surface area (Å²) in [6, 6.07) is 0. The van der Waals surface area contributed by atoms with E-state index in [4.69, 9.17) is 5.11 Å². The monoisotopic (exact) mass is 213 g/mol. The summed E-state index contributed by atoms with van der Waals surface area (Å²) in [7, 11) is 0. The fraction of sp³-hybridized carbons (Fsp3) is 0.750. The van der Waals surface area contributed by atoms with E-state index in [1.807, 2.05) is 6.92 Å². The van der Waals surface area contributed by atoms with Crippen LogP contribution in [0.25, 0.3) is 0 Å². The van der Waals surface area contributed by atoms with Crippen LogP contribution >= 0.6 is 0 Å². The third kappa shape index (κ3) is 6.28. The Labute approximate surface area is 92.6 Å². The van der Waals surface area contributed by atoms with Gasteiger partial charge in [0.05, 0.1) is 0 Å². The molecule has 3 heteroatoms. The zero-order chi connectivity index (χ0) is 11.8. The summed E-state index contributed by atoms with van der Waals surface area (Å²) in [6.45, 7) is 10.0. The van der Waals surface area contributed by atoms with E-state index in [0.717, 1.165) is 6.54 Å². The molecule has 0 fully saturated rings. The highest BCUT2D eigenvalue weighted by Gasteiger charge is 2.06. The van der Waals surface area contributed by atoms with Crippen molar-refractivity contribution >= 4 is 5.97 Å². The Bertz CT molecular complexity index is 222. The first-order chi connectivity index (χ1) is 6.99. The molecule has 3 nitrogen and oxygen atoms in total.